The van der Waals surface area contributed by atoms with E-state index in [2.05, 4.69) is 35.0 Å². The van der Waals surface area contributed by atoms with Crippen LogP contribution in [-0.4, -0.2) is 59.4 Å². The minimum Gasteiger partial charge on any atom is -0.493 e. The summed E-state index contributed by atoms with van der Waals surface area (Å²) in [6.07, 6.45) is 0.919. The normalized spacial score (nSPS) is 19.2. The van der Waals surface area contributed by atoms with E-state index in [1.54, 1.807) is 30.5 Å². The van der Waals surface area contributed by atoms with Crippen LogP contribution in [0.25, 0.3) is 0 Å². The van der Waals surface area contributed by atoms with Crippen molar-refractivity contribution in [3.8, 4) is 11.5 Å². The third-order valence-corrected chi connectivity index (χ3v) is 6.19. The van der Waals surface area contributed by atoms with Crippen LogP contribution < -0.4 is 24.6 Å². The highest BCUT2D eigenvalue weighted by atomic mass is 32.1. The second-order valence-corrected chi connectivity index (χ2v) is 8.25. The lowest BCUT2D eigenvalue weighted by Crippen LogP contribution is -3.28. The fraction of sp³-hybridized carbons (Fsp3) is 0.476. The van der Waals surface area contributed by atoms with Crippen molar-refractivity contribution >= 4 is 17.2 Å². The predicted molar refractivity (Wildman–Crippen MR) is 111 cm³/mol. The molecule has 3 rings (SSSR count). The van der Waals surface area contributed by atoms with E-state index in [0.717, 1.165) is 57.2 Å². The lowest BCUT2D eigenvalue weighted by molar-refractivity contribution is -1.02. The van der Waals surface area contributed by atoms with Gasteiger partial charge >= 0.3 is 0 Å². The number of carbonyl (C=O) groups is 1. The van der Waals surface area contributed by atoms with Crippen LogP contribution in [0.5, 0.6) is 11.5 Å². The number of hydrogen-bond donors (Lipinski definition) is 3. The largest absolute Gasteiger partial charge is 0.493 e. The first-order valence-corrected chi connectivity index (χ1v) is 10.7. The van der Waals surface area contributed by atoms with Gasteiger partial charge in [-0.2, -0.15) is 0 Å². The third kappa shape index (κ3) is 5.95. The minimum absolute atomic E-state index is 0.162. The summed E-state index contributed by atoms with van der Waals surface area (Å²) in [5.74, 6) is 1.71. The molecule has 1 fully saturated rings. The molecule has 0 spiro atoms. The van der Waals surface area contributed by atoms with Crippen molar-refractivity contribution in [2.24, 2.45) is 0 Å². The molecule has 1 aliphatic rings. The molecule has 0 saturated carbocycles. The molecule has 2 heterocycles. The summed E-state index contributed by atoms with van der Waals surface area (Å²) in [5, 5.41) is 5.13. The van der Waals surface area contributed by atoms with Crippen LogP contribution in [0.3, 0.4) is 0 Å². The predicted octanol–water partition coefficient (Wildman–Crippen LogP) is -0.592. The number of quaternary nitrogens is 2. The molecule has 0 bridgehead atoms. The SMILES string of the molecule is COc1ccc(C[NH+]2CC[NH+](CC(=O)NCCc3cccs3)CC2)cc1OC. The molecular formula is C21H31N3O3S+2. The highest BCUT2D eigenvalue weighted by molar-refractivity contribution is 7.09. The van der Waals surface area contributed by atoms with E-state index in [9.17, 15) is 4.79 Å². The zero-order valence-electron chi connectivity index (χ0n) is 16.8. The molecule has 0 unspecified atom stereocenters. The topological polar surface area (TPSA) is 56.4 Å². The Labute approximate surface area is 171 Å². The van der Waals surface area contributed by atoms with Gasteiger partial charge in [0.15, 0.2) is 18.0 Å². The monoisotopic (exact) mass is 405 g/mol. The Morgan fingerprint density at radius 1 is 1.07 bits per heavy atom. The molecule has 1 aromatic heterocycles. The molecule has 3 N–H and O–H groups in total. The van der Waals surface area contributed by atoms with Crippen LogP contribution in [-0.2, 0) is 17.8 Å². The van der Waals surface area contributed by atoms with E-state index in [0.29, 0.717) is 6.54 Å². The fourth-order valence-corrected chi connectivity index (χ4v) is 4.37. The van der Waals surface area contributed by atoms with Crippen LogP contribution in [0.15, 0.2) is 35.7 Å². The molecule has 2 aromatic rings. The number of rotatable bonds is 9. The number of amides is 1. The van der Waals surface area contributed by atoms with Crippen molar-refractivity contribution in [2.75, 3.05) is 53.5 Å². The van der Waals surface area contributed by atoms with Gasteiger partial charge in [-0.05, 0) is 36.1 Å². The van der Waals surface area contributed by atoms with Crippen molar-refractivity contribution in [1.82, 2.24) is 5.32 Å². The molecule has 0 radical (unpaired) electrons. The zero-order valence-corrected chi connectivity index (χ0v) is 17.6. The van der Waals surface area contributed by atoms with Gasteiger partial charge in [-0.15, -0.1) is 11.3 Å². The summed E-state index contributed by atoms with van der Waals surface area (Å²) in [7, 11) is 3.32. The maximum absolute atomic E-state index is 12.2. The van der Waals surface area contributed by atoms with Gasteiger partial charge in [0.2, 0.25) is 0 Å². The number of benzene rings is 1. The molecule has 1 aromatic carbocycles. The van der Waals surface area contributed by atoms with Crippen LogP contribution >= 0.6 is 11.3 Å². The maximum atomic E-state index is 12.2. The summed E-state index contributed by atoms with van der Waals surface area (Å²) >= 11 is 1.74. The van der Waals surface area contributed by atoms with E-state index in [1.807, 2.05) is 6.07 Å². The van der Waals surface area contributed by atoms with Gasteiger partial charge in [0.25, 0.3) is 5.91 Å². The highest BCUT2D eigenvalue weighted by Crippen LogP contribution is 2.27. The molecule has 1 aliphatic heterocycles. The molecular weight excluding hydrogens is 374 g/mol. The number of nitrogens with one attached hydrogen (secondary N) is 3. The van der Waals surface area contributed by atoms with Crippen LogP contribution in [0, 0.1) is 0 Å². The highest BCUT2D eigenvalue weighted by Gasteiger charge is 2.25. The molecule has 0 aliphatic carbocycles. The summed E-state index contributed by atoms with van der Waals surface area (Å²) < 4.78 is 10.7. The first kappa shape index (κ1) is 20.6. The average Bonchev–Trinajstić information content (AvgIpc) is 3.23. The van der Waals surface area contributed by atoms with Gasteiger partial charge in [0, 0.05) is 17.0 Å². The van der Waals surface area contributed by atoms with E-state index in [-0.39, 0.29) is 5.91 Å². The van der Waals surface area contributed by atoms with Gasteiger partial charge in [-0.1, -0.05) is 6.07 Å². The van der Waals surface area contributed by atoms with Crippen LogP contribution in [0.4, 0.5) is 0 Å². The lowest BCUT2D eigenvalue weighted by Gasteiger charge is -2.29. The molecule has 6 nitrogen and oxygen atoms in total. The second-order valence-electron chi connectivity index (χ2n) is 7.22. The number of carbonyl (C=O) groups excluding carboxylic acids is 1. The Kier molecular flexibility index (Phi) is 7.71. The standard InChI is InChI=1S/C21H29N3O3S/c1-26-19-6-5-17(14-20(19)27-2)15-23-9-11-24(12-10-23)16-21(25)22-8-7-18-4-3-13-28-18/h3-6,13-14H,7-12,15-16H2,1-2H3,(H,22,25)/p+2. The van der Waals surface area contributed by atoms with Crippen molar-refractivity contribution in [3.63, 3.8) is 0 Å². The van der Waals surface area contributed by atoms with E-state index < -0.39 is 0 Å². The summed E-state index contributed by atoms with van der Waals surface area (Å²) in [4.78, 5) is 16.4. The van der Waals surface area contributed by atoms with E-state index in [4.69, 9.17) is 9.47 Å². The van der Waals surface area contributed by atoms with Crippen molar-refractivity contribution in [2.45, 2.75) is 13.0 Å². The summed E-state index contributed by atoms with van der Waals surface area (Å²) in [6, 6.07) is 10.3. The number of thiophene rings is 1. The first-order valence-electron chi connectivity index (χ1n) is 9.85. The maximum Gasteiger partial charge on any atom is 0.275 e. The lowest BCUT2D eigenvalue weighted by atomic mass is 10.1. The van der Waals surface area contributed by atoms with Gasteiger partial charge in [0.05, 0.1) is 14.2 Å². The molecule has 7 heteroatoms. The quantitative estimate of drug-likeness (QED) is 0.523. The van der Waals surface area contributed by atoms with E-state index >= 15 is 0 Å². The molecule has 1 amide bonds. The molecule has 0 atom stereocenters. The van der Waals surface area contributed by atoms with Crippen molar-refractivity contribution < 1.29 is 24.1 Å². The first-order chi connectivity index (χ1) is 13.7. The van der Waals surface area contributed by atoms with E-state index in [1.165, 1.54) is 15.3 Å². The van der Waals surface area contributed by atoms with Gasteiger partial charge < -0.3 is 24.6 Å². The van der Waals surface area contributed by atoms with Gasteiger partial charge in [0.1, 0.15) is 32.7 Å². The van der Waals surface area contributed by atoms with Crippen LogP contribution in [0.1, 0.15) is 10.4 Å². The fourth-order valence-electron chi connectivity index (χ4n) is 3.66. The van der Waals surface area contributed by atoms with Gasteiger partial charge in [-0.3, -0.25) is 4.79 Å². The molecule has 152 valence electrons. The number of hydrogen-bond acceptors (Lipinski definition) is 4. The number of ether oxygens (including phenoxy) is 2. The third-order valence-electron chi connectivity index (χ3n) is 5.25. The minimum atomic E-state index is 0.162. The molecule has 28 heavy (non-hydrogen) atoms. The second kappa shape index (κ2) is 10.5. The summed E-state index contributed by atoms with van der Waals surface area (Å²) in [6.45, 7) is 6.48. The van der Waals surface area contributed by atoms with Crippen molar-refractivity contribution in [3.05, 3.63) is 46.2 Å². The Bertz CT molecular complexity index is 743. The average molecular weight is 406 g/mol. The number of methoxy groups -OCH3 is 2. The Hall–Kier alpha value is -2.09. The van der Waals surface area contributed by atoms with Crippen LogP contribution in [0.2, 0.25) is 0 Å². The Balaban J connectivity index is 1.37. The van der Waals surface area contributed by atoms with Crippen molar-refractivity contribution in [1.29, 1.82) is 0 Å². The molecule has 1 saturated heterocycles. The number of piperazine rings is 1. The summed E-state index contributed by atoms with van der Waals surface area (Å²) in [5.41, 5.74) is 1.25. The Morgan fingerprint density at radius 2 is 1.82 bits per heavy atom. The van der Waals surface area contributed by atoms with Gasteiger partial charge in [-0.25, -0.2) is 0 Å². The Morgan fingerprint density at radius 3 is 2.50 bits per heavy atom. The zero-order chi connectivity index (χ0) is 19.8. The smallest absolute Gasteiger partial charge is 0.275 e.